The summed E-state index contributed by atoms with van der Waals surface area (Å²) in [5.41, 5.74) is 7.20. The molecule has 16 heavy (non-hydrogen) atoms. The van der Waals surface area contributed by atoms with Gasteiger partial charge in [0, 0.05) is 12.6 Å². The third kappa shape index (κ3) is 3.86. The van der Waals surface area contributed by atoms with Crippen molar-refractivity contribution in [2.45, 2.75) is 19.9 Å². The number of carbonyl (C=O) groups excluding carboxylic acids is 1. The van der Waals surface area contributed by atoms with Crippen molar-refractivity contribution in [2.24, 2.45) is 5.73 Å². The number of anilines is 1. The number of thiocarbonyl (C=S) groups is 1. The van der Waals surface area contributed by atoms with Crippen molar-refractivity contribution in [1.82, 2.24) is 5.32 Å². The van der Waals surface area contributed by atoms with E-state index >= 15 is 0 Å². The third-order valence-corrected chi connectivity index (χ3v) is 2.18. The molecule has 0 fully saturated rings. The Kier molecular flexibility index (Phi) is 4.25. The molecular weight excluding hydrogens is 222 g/mol. The van der Waals surface area contributed by atoms with E-state index in [1.165, 1.54) is 6.92 Å². The second kappa shape index (κ2) is 5.46. The summed E-state index contributed by atoms with van der Waals surface area (Å²) in [5, 5.41) is 5.88. The first-order chi connectivity index (χ1) is 7.49. The van der Waals surface area contributed by atoms with Gasteiger partial charge in [0.25, 0.3) is 0 Å². The summed E-state index contributed by atoms with van der Waals surface area (Å²) >= 11 is 4.75. The van der Waals surface area contributed by atoms with Gasteiger partial charge in [0.15, 0.2) is 5.11 Å². The van der Waals surface area contributed by atoms with E-state index in [-0.39, 0.29) is 17.1 Å². The van der Waals surface area contributed by atoms with Crippen LogP contribution < -0.4 is 16.4 Å². The zero-order chi connectivity index (χ0) is 12.1. The summed E-state index contributed by atoms with van der Waals surface area (Å²) in [6.45, 7) is 3.41. The number of nitrogens with two attached hydrogens (primary N) is 1. The van der Waals surface area contributed by atoms with E-state index in [1.807, 2.05) is 31.2 Å². The molecule has 5 heteroatoms. The van der Waals surface area contributed by atoms with Gasteiger partial charge in [0.2, 0.25) is 5.91 Å². The normalized spacial score (nSPS) is 11.6. The van der Waals surface area contributed by atoms with Gasteiger partial charge in [-0.1, -0.05) is 12.1 Å². The average molecular weight is 237 g/mol. The van der Waals surface area contributed by atoms with Crippen molar-refractivity contribution < 1.29 is 4.79 Å². The number of rotatable bonds is 3. The van der Waals surface area contributed by atoms with E-state index in [2.05, 4.69) is 10.6 Å². The molecule has 1 rings (SSSR count). The van der Waals surface area contributed by atoms with Gasteiger partial charge in [0.1, 0.15) is 0 Å². The molecule has 0 radical (unpaired) electrons. The molecule has 0 aromatic heterocycles. The molecule has 0 heterocycles. The second-order valence-electron chi connectivity index (χ2n) is 3.54. The number of carbonyl (C=O) groups is 1. The summed E-state index contributed by atoms with van der Waals surface area (Å²) in [7, 11) is 0. The van der Waals surface area contributed by atoms with Crippen LogP contribution in [0.15, 0.2) is 24.3 Å². The van der Waals surface area contributed by atoms with E-state index in [1.54, 1.807) is 0 Å². The second-order valence-corrected chi connectivity index (χ2v) is 3.98. The van der Waals surface area contributed by atoms with Crippen molar-refractivity contribution >= 4 is 28.9 Å². The van der Waals surface area contributed by atoms with Crippen LogP contribution >= 0.6 is 12.2 Å². The van der Waals surface area contributed by atoms with Gasteiger partial charge in [-0.25, -0.2) is 0 Å². The minimum absolute atomic E-state index is 0.0365. The SMILES string of the molecule is CC(=O)NC(C)c1cccc(NC(N)=S)c1. The fraction of sp³-hybridized carbons (Fsp3) is 0.273. The molecule has 0 saturated heterocycles. The fourth-order valence-corrected chi connectivity index (χ4v) is 1.53. The van der Waals surface area contributed by atoms with E-state index < -0.39 is 0 Å². The van der Waals surface area contributed by atoms with E-state index in [0.717, 1.165) is 11.3 Å². The van der Waals surface area contributed by atoms with Crippen LogP contribution in [0.25, 0.3) is 0 Å². The van der Waals surface area contributed by atoms with Gasteiger partial charge >= 0.3 is 0 Å². The van der Waals surface area contributed by atoms with Gasteiger partial charge in [-0.15, -0.1) is 0 Å². The van der Waals surface area contributed by atoms with Gasteiger partial charge in [-0.2, -0.15) is 0 Å². The molecule has 0 bridgehead atoms. The lowest BCUT2D eigenvalue weighted by atomic mass is 10.1. The van der Waals surface area contributed by atoms with Crippen LogP contribution in [0.4, 0.5) is 5.69 Å². The predicted octanol–water partition coefficient (Wildman–Crippen LogP) is 1.54. The molecule has 0 aliphatic rings. The highest BCUT2D eigenvalue weighted by molar-refractivity contribution is 7.80. The monoisotopic (exact) mass is 237 g/mol. The first-order valence-corrected chi connectivity index (χ1v) is 5.33. The molecule has 0 spiro atoms. The lowest BCUT2D eigenvalue weighted by molar-refractivity contribution is -0.119. The number of amides is 1. The van der Waals surface area contributed by atoms with Crippen molar-refractivity contribution in [3.8, 4) is 0 Å². The minimum atomic E-state index is -0.0554. The standard InChI is InChI=1S/C11H15N3OS/c1-7(13-8(2)15)9-4-3-5-10(6-9)14-11(12)16/h3-7H,1-2H3,(H,13,15)(H3,12,14,16). The smallest absolute Gasteiger partial charge is 0.217 e. The first-order valence-electron chi connectivity index (χ1n) is 4.92. The molecule has 1 unspecified atom stereocenters. The van der Waals surface area contributed by atoms with E-state index in [0.29, 0.717) is 0 Å². The van der Waals surface area contributed by atoms with Gasteiger partial charge in [0.05, 0.1) is 6.04 Å². The molecule has 0 aliphatic heterocycles. The van der Waals surface area contributed by atoms with Gasteiger partial charge < -0.3 is 16.4 Å². The Morgan fingerprint density at radius 3 is 2.75 bits per heavy atom. The van der Waals surface area contributed by atoms with Crippen molar-refractivity contribution in [3.63, 3.8) is 0 Å². The van der Waals surface area contributed by atoms with Crippen LogP contribution in [0.1, 0.15) is 25.5 Å². The third-order valence-electron chi connectivity index (χ3n) is 2.07. The maximum Gasteiger partial charge on any atom is 0.217 e. The van der Waals surface area contributed by atoms with Crippen LogP contribution in [-0.2, 0) is 4.79 Å². The summed E-state index contributed by atoms with van der Waals surface area (Å²) in [6.07, 6.45) is 0. The molecule has 1 aromatic rings. The zero-order valence-electron chi connectivity index (χ0n) is 9.28. The minimum Gasteiger partial charge on any atom is -0.376 e. The first kappa shape index (κ1) is 12.4. The molecule has 0 saturated carbocycles. The molecule has 1 amide bonds. The Labute approximate surface area is 100 Å². The Bertz CT molecular complexity index is 406. The van der Waals surface area contributed by atoms with Crippen LogP contribution in [0, 0.1) is 0 Å². The lowest BCUT2D eigenvalue weighted by Gasteiger charge is -2.14. The predicted molar refractivity (Wildman–Crippen MR) is 69.1 cm³/mol. The maximum absolute atomic E-state index is 10.9. The summed E-state index contributed by atoms with van der Waals surface area (Å²) in [6, 6.07) is 7.55. The highest BCUT2D eigenvalue weighted by Crippen LogP contribution is 2.17. The summed E-state index contributed by atoms with van der Waals surface area (Å²) in [4.78, 5) is 10.9. The Morgan fingerprint density at radius 2 is 2.19 bits per heavy atom. The van der Waals surface area contributed by atoms with Crippen LogP contribution in [0.5, 0.6) is 0 Å². The maximum atomic E-state index is 10.9. The van der Waals surface area contributed by atoms with Crippen molar-refractivity contribution in [3.05, 3.63) is 29.8 Å². The van der Waals surface area contributed by atoms with E-state index in [9.17, 15) is 4.79 Å². The number of nitrogens with one attached hydrogen (secondary N) is 2. The molecule has 1 aromatic carbocycles. The molecule has 0 aliphatic carbocycles. The van der Waals surface area contributed by atoms with Crippen LogP contribution in [-0.4, -0.2) is 11.0 Å². The molecule has 4 N–H and O–H groups in total. The highest BCUT2D eigenvalue weighted by Gasteiger charge is 2.06. The Morgan fingerprint density at radius 1 is 1.50 bits per heavy atom. The molecular formula is C11H15N3OS. The molecule has 86 valence electrons. The van der Waals surface area contributed by atoms with E-state index in [4.69, 9.17) is 18.0 Å². The zero-order valence-corrected chi connectivity index (χ0v) is 10.1. The van der Waals surface area contributed by atoms with Crippen molar-refractivity contribution in [2.75, 3.05) is 5.32 Å². The molecule has 4 nitrogen and oxygen atoms in total. The average Bonchev–Trinajstić information content (AvgIpc) is 2.16. The lowest BCUT2D eigenvalue weighted by Crippen LogP contribution is -2.24. The van der Waals surface area contributed by atoms with Crippen molar-refractivity contribution in [1.29, 1.82) is 0 Å². The fourth-order valence-electron chi connectivity index (χ4n) is 1.42. The highest BCUT2D eigenvalue weighted by atomic mass is 32.1. The van der Waals surface area contributed by atoms with Crippen LogP contribution in [0.2, 0.25) is 0 Å². The largest absolute Gasteiger partial charge is 0.376 e. The number of hydrogen-bond acceptors (Lipinski definition) is 2. The Balaban J connectivity index is 2.80. The van der Waals surface area contributed by atoms with Crippen LogP contribution in [0.3, 0.4) is 0 Å². The summed E-state index contributed by atoms with van der Waals surface area (Å²) < 4.78 is 0. The number of hydrogen-bond donors (Lipinski definition) is 3. The number of benzene rings is 1. The van der Waals surface area contributed by atoms with Gasteiger partial charge in [-0.05, 0) is 36.8 Å². The quantitative estimate of drug-likeness (QED) is 0.698. The Hall–Kier alpha value is -1.62. The summed E-state index contributed by atoms with van der Waals surface area (Å²) in [5.74, 6) is -0.0554. The topological polar surface area (TPSA) is 67.2 Å². The van der Waals surface area contributed by atoms with Gasteiger partial charge in [-0.3, -0.25) is 4.79 Å². The molecule has 1 atom stereocenters.